The van der Waals surface area contributed by atoms with Gasteiger partial charge in [0.2, 0.25) is 0 Å². The van der Waals surface area contributed by atoms with Crippen molar-refractivity contribution in [2.24, 2.45) is 5.92 Å². The molecule has 88 valence electrons. The summed E-state index contributed by atoms with van der Waals surface area (Å²) in [5, 5.41) is 3.24. The van der Waals surface area contributed by atoms with Gasteiger partial charge in [0.1, 0.15) is 5.82 Å². The third-order valence-electron chi connectivity index (χ3n) is 3.24. The highest BCUT2D eigenvalue weighted by molar-refractivity contribution is 9.10. The first-order valence-electron chi connectivity index (χ1n) is 5.87. The van der Waals surface area contributed by atoms with Crippen LogP contribution in [0.5, 0.6) is 0 Å². The molecule has 1 nitrogen and oxygen atoms in total. The van der Waals surface area contributed by atoms with Crippen molar-refractivity contribution in [1.82, 2.24) is 0 Å². The Hall–Kier alpha value is -0.570. The molecule has 16 heavy (non-hydrogen) atoms. The summed E-state index contributed by atoms with van der Waals surface area (Å²) in [6.45, 7) is 2.12. The summed E-state index contributed by atoms with van der Waals surface area (Å²) in [5.74, 6) is 0.663. The molecule has 0 bridgehead atoms. The lowest BCUT2D eigenvalue weighted by atomic mass is 9.81. The van der Waals surface area contributed by atoms with E-state index in [1.807, 2.05) is 6.07 Å². The van der Waals surface area contributed by atoms with Gasteiger partial charge in [-0.25, -0.2) is 4.39 Å². The average Bonchev–Trinajstić information content (AvgIpc) is 2.16. The Balaban J connectivity index is 1.91. The molecule has 1 unspecified atom stereocenters. The van der Waals surface area contributed by atoms with Crippen LogP contribution in [0.1, 0.15) is 32.6 Å². The molecule has 0 radical (unpaired) electrons. The molecule has 1 saturated carbocycles. The standard InChI is InChI=1S/C13H17BrFN/c1-9(7-10-3-2-4-10)16-13-6-5-11(14)8-12(13)15/h5-6,8-10,16H,2-4,7H2,1H3. The van der Waals surface area contributed by atoms with E-state index in [0.717, 1.165) is 16.8 Å². The first-order valence-corrected chi connectivity index (χ1v) is 6.66. The van der Waals surface area contributed by atoms with Crippen LogP contribution in [0, 0.1) is 11.7 Å². The molecule has 0 heterocycles. The fraction of sp³-hybridized carbons (Fsp3) is 0.538. The maximum Gasteiger partial charge on any atom is 0.147 e. The van der Waals surface area contributed by atoms with Gasteiger partial charge >= 0.3 is 0 Å². The predicted octanol–water partition coefficient (Wildman–Crippen LogP) is 4.58. The summed E-state index contributed by atoms with van der Waals surface area (Å²) >= 11 is 3.26. The van der Waals surface area contributed by atoms with Gasteiger partial charge < -0.3 is 5.32 Å². The number of hydrogen-bond donors (Lipinski definition) is 1. The first-order chi connectivity index (χ1) is 7.65. The van der Waals surface area contributed by atoms with Crippen molar-refractivity contribution in [3.8, 4) is 0 Å². The van der Waals surface area contributed by atoms with Crippen LogP contribution in [0.4, 0.5) is 10.1 Å². The fourth-order valence-corrected chi connectivity index (χ4v) is 2.49. The van der Waals surface area contributed by atoms with Gasteiger partial charge in [0, 0.05) is 10.5 Å². The maximum absolute atomic E-state index is 13.6. The van der Waals surface area contributed by atoms with Gasteiger partial charge in [-0.1, -0.05) is 35.2 Å². The molecule has 1 aromatic rings. The van der Waals surface area contributed by atoms with Crippen LogP contribution in [0.3, 0.4) is 0 Å². The van der Waals surface area contributed by atoms with Crippen LogP contribution in [0.25, 0.3) is 0 Å². The van der Waals surface area contributed by atoms with Gasteiger partial charge in [0.05, 0.1) is 5.69 Å². The minimum atomic E-state index is -0.185. The molecule has 0 aliphatic heterocycles. The molecule has 0 amide bonds. The van der Waals surface area contributed by atoms with E-state index in [-0.39, 0.29) is 5.82 Å². The zero-order valence-corrected chi connectivity index (χ0v) is 11.1. The van der Waals surface area contributed by atoms with Gasteiger partial charge in [-0.2, -0.15) is 0 Å². The van der Waals surface area contributed by atoms with E-state index < -0.39 is 0 Å². The van der Waals surface area contributed by atoms with E-state index in [4.69, 9.17) is 0 Å². The van der Waals surface area contributed by atoms with Crippen molar-refractivity contribution in [3.05, 3.63) is 28.5 Å². The molecule has 1 N–H and O–H groups in total. The van der Waals surface area contributed by atoms with E-state index in [2.05, 4.69) is 28.2 Å². The van der Waals surface area contributed by atoms with Gasteiger partial charge in [0.25, 0.3) is 0 Å². The van der Waals surface area contributed by atoms with Crippen molar-refractivity contribution < 1.29 is 4.39 Å². The lowest BCUT2D eigenvalue weighted by Gasteiger charge is -2.29. The second-order valence-electron chi connectivity index (χ2n) is 4.70. The van der Waals surface area contributed by atoms with Crippen LogP contribution in [0.2, 0.25) is 0 Å². The van der Waals surface area contributed by atoms with Crippen LogP contribution in [-0.4, -0.2) is 6.04 Å². The first kappa shape index (κ1) is 11.9. The molecule has 0 aromatic heterocycles. The zero-order chi connectivity index (χ0) is 11.5. The SMILES string of the molecule is CC(CC1CCC1)Nc1ccc(Br)cc1F. The largest absolute Gasteiger partial charge is 0.380 e. The summed E-state index contributed by atoms with van der Waals surface area (Å²) in [6, 6.07) is 5.50. The van der Waals surface area contributed by atoms with E-state index in [9.17, 15) is 4.39 Å². The maximum atomic E-state index is 13.6. The average molecular weight is 286 g/mol. The smallest absolute Gasteiger partial charge is 0.147 e. The molecule has 1 aliphatic rings. The summed E-state index contributed by atoms with van der Waals surface area (Å²) in [4.78, 5) is 0. The van der Waals surface area contributed by atoms with Gasteiger partial charge in [0.15, 0.2) is 0 Å². The Morgan fingerprint density at radius 3 is 2.81 bits per heavy atom. The Bertz CT molecular complexity index is 363. The molecule has 1 fully saturated rings. The zero-order valence-electron chi connectivity index (χ0n) is 9.47. The number of anilines is 1. The lowest BCUT2D eigenvalue weighted by Crippen LogP contribution is -2.23. The monoisotopic (exact) mass is 285 g/mol. The van der Waals surface area contributed by atoms with Crippen molar-refractivity contribution in [1.29, 1.82) is 0 Å². The molecular weight excluding hydrogens is 269 g/mol. The van der Waals surface area contributed by atoms with Crippen molar-refractivity contribution in [2.45, 2.75) is 38.6 Å². The highest BCUT2D eigenvalue weighted by atomic mass is 79.9. The second kappa shape index (κ2) is 5.17. The summed E-state index contributed by atoms with van der Waals surface area (Å²) in [6.07, 6.45) is 5.20. The van der Waals surface area contributed by atoms with Gasteiger partial charge in [-0.15, -0.1) is 0 Å². The topological polar surface area (TPSA) is 12.0 Å². The van der Waals surface area contributed by atoms with Crippen molar-refractivity contribution in [2.75, 3.05) is 5.32 Å². The summed E-state index contributed by atoms with van der Waals surface area (Å²) in [5.41, 5.74) is 0.607. The van der Waals surface area contributed by atoms with Crippen LogP contribution in [0.15, 0.2) is 22.7 Å². The predicted molar refractivity (Wildman–Crippen MR) is 69.1 cm³/mol. The number of rotatable bonds is 4. The second-order valence-corrected chi connectivity index (χ2v) is 5.62. The van der Waals surface area contributed by atoms with Crippen LogP contribution >= 0.6 is 15.9 Å². The molecule has 0 spiro atoms. The third-order valence-corrected chi connectivity index (χ3v) is 3.74. The number of benzene rings is 1. The highest BCUT2D eigenvalue weighted by Crippen LogP contribution is 2.31. The Morgan fingerprint density at radius 2 is 2.25 bits per heavy atom. The minimum Gasteiger partial charge on any atom is -0.380 e. The van der Waals surface area contributed by atoms with E-state index in [1.54, 1.807) is 6.07 Å². The highest BCUT2D eigenvalue weighted by Gasteiger charge is 2.20. The number of hydrogen-bond acceptors (Lipinski definition) is 1. The number of halogens is 2. The molecule has 1 aliphatic carbocycles. The van der Waals surface area contributed by atoms with Gasteiger partial charge in [-0.3, -0.25) is 0 Å². The number of nitrogens with one attached hydrogen (secondary N) is 1. The Labute approximate surface area is 105 Å². The summed E-state index contributed by atoms with van der Waals surface area (Å²) in [7, 11) is 0. The van der Waals surface area contributed by atoms with E-state index in [1.165, 1.54) is 25.3 Å². The molecule has 1 atom stereocenters. The van der Waals surface area contributed by atoms with Crippen LogP contribution < -0.4 is 5.32 Å². The van der Waals surface area contributed by atoms with E-state index >= 15 is 0 Å². The van der Waals surface area contributed by atoms with Crippen molar-refractivity contribution in [3.63, 3.8) is 0 Å². The molecule has 1 aromatic carbocycles. The summed E-state index contributed by atoms with van der Waals surface area (Å²) < 4.78 is 14.3. The van der Waals surface area contributed by atoms with E-state index in [0.29, 0.717) is 11.7 Å². The molecule has 3 heteroatoms. The Kier molecular flexibility index (Phi) is 3.85. The van der Waals surface area contributed by atoms with Gasteiger partial charge in [-0.05, 0) is 37.5 Å². The quantitative estimate of drug-likeness (QED) is 0.854. The third kappa shape index (κ3) is 2.97. The van der Waals surface area contributed by atoms with Crippen LogP contribution in [-0.2, 0) is 0 Å². The molecule has 0 saturated heterocycles. The van der Waals surface area contributed by atoms with Crippen molar-refractivity contribution >= 4 is 21.6 Å². The lowest BCUT2D eigenvalue weighted by molar-refractivity contribution is 0.285. The molecule has 2 rings (SSSR count). The fourth-order valence-electron chi connectivity index (χ4n) is 2.16. The minimum absolute atomic E-state index is 0.185. The molecular formula is C13H17BrFN. The Morgan fingerprint density at radius 1 is 1.50 bits per heavy atom. The normalized spacial score (nSPS) is 17.9.